The topological polar surface area (TPSA) is 103 Å². The molecule has 0 aliphatic rings. The number of nitrogens with zero attached hydrogens (tertiary/aromatic N) is 4. The van der Waals surface area contributed by atoms with Crippen LogP contribution in [0.5, 0.6) is 0 Å². The van der Waals surface area contributed by atoms with Crippen molar-refractivity contribution in [1.82, 2.24) is 24.4 Å². The maximum absolute atomic E-state index is 13.8. The SMILES string of the molecule is O=S(=O)(NCCn1cnc2ccc(-c3noc(C(F)(F)F)n3)cc21)c1ccccc1F. The molecule has 0 amide bonds. The molecule has 0 unspecified atom stereocenters. The highest BCUT2D eigenvalue weighted by Gasteiger charge is 2.38. The van der Waals surface area contributed by atoms with Gasteiger partial charge in [-0.15, -0.1) is 0 Å². The smallest absolute Gasteiger partial charge is 0.329 e. The lowest BCUT2D eigenvalue weighted by molar-refractivity contribution is -0.159. The number of nitrogens with one attached hydrogen (secondary N) is 1. The first-order valence-electron chi connectivity index (χ1n) is 8.75. The molecule has 0 aliphatic heterocycles. The van der Waals surface area contributed by atoms with E-state index < -0.39 is 32.8 Å². The molecule has 0 atom stereocenters. The quantitative estimate of drug-likeness (QED) is 0.448. The average molecular weight is 455 g/mol. The van der Waals surface area contributed by atoms with Crippen LogP contribution < -0.4 is 4.72 Å². The largest absolute Gasteiger partial charge is 0.471 e. The van der Waals surface area contributed by atoms with E-state index in [-0.39, 0.29) is 24.5 Å². The Morgan fingerprint density at radius 1 is 1.13 bits per heavy atom. The van der Waals surface area contributed by atoms with Crippen molar-refractivity contribution < 1.29 is 30.5 Å². The summed E-state index contributed by atoms with van der Waals surface area (Å²) in [6, 6.07) is 9.55. The Morgan fingerprint density at radius 2 is 1.90 bits per heavy atom. The first-order chi connectivity index (χ1) is 14.6. The van der Waals surface area contributed by atoms with Gasteiger partial charge in [0.1, 0.15) is 10.7 Å². The van der Waals surface area contributed by atoms with Crippen LogP contribution in [0.25, 0.3) is 22.4 Å². The van der Waals surface area contributed by atoms with E-state index >= 15 is 0 Å². The molecule has 4 rings (SSSR count). The predicted molar refractivity (Wildman–Crippen MR) is 99.6 cm³/mol. The molecular weight excluding hydrogens is 442 g/mol. The second-order valence-corrected chi connectivity index (χ2v) is 8.13. The van der Waals surface area contributed by atoms with E-state index in [0.29, 0.717) is 11.0 Å². The second kappa shape index (κ2) is 7.74. The van der Waals surface area contributed by atoms with Crippen LogP contribution in [0.3, 0.4) is 0 Å². The van der Waals surface area contributed by atoms with Crippen LogP contribution in [0, 0.1) is 5.82 Å². The monoisotopic (exact) mass is 455 g/mol. The van der Waals surface area contributed by atoms with E-state index in [4.69, 9.17) is 0 Å². The third-order valence-corrected chi connectivity index (χ3v) is 5.81. The van der Waals surface area contributed by atoms with Crippen LogP contribution in [0.2, 0.25) is 0 Å². The zero-order valence-corrected chi connectivity index (χ0v) is 16.3. The number of aromatic nitrogens is 4. The van der Waals surface area contributed by atoms with E-state index in [2.05, 4.69) is 24.4 Å². The first kappa shape index (κ1) is 20.9. The molecule has 0 saturated heterocycles. The summed E-state index contributed by atoms with van der Waals surface area (Å²) in [5.41, 5.74) is 1.31. The number of sulfonamides is 1. The Kier molecular flexibility index (Phi) is 5.23. The Morgan fingerprint density at radius 3 is 2.61 bits per heavy atom. The molecule has 2 aromatic carbocycles. The molecule has 0 spiro atoms. The normalized spacial score (nSPS) is 12.5. The van der Waals surface area contributed by atoms with Crippen molar-refractivity contribution in [2.24, 2.45) is 0 Å². The van der Waals surface area contributed by atoms with Gasteiger partial charge in [-0.2, -0.15) is 18.2 Å². The molecule has 13 heteroatoms. The number of hydrogen-bond donors (Lipinski definition) is 1. The van der Waals surface area contributed by atoms with Gasteiger partial charge in [-0.3, -0.25) is 0 Å². The fourth-order valence-corrected chi connectivity index (χ4v) is 3.97. The number of rotatable bonds is 6. The van der Waals surface area contributed by atoms with E-state index in [0.717, 1.165) is 12.1 Å². The lowest BCUT2D eigenvalue weighted by atomic mass is 10.2. The van der Waals surface area contributed by atoms with Crippen LogP contribution in [0.1, 0.15) is 5.89 Å². The number of alkyl halides is 3. The van der Waals surface area contributed by atoms with Crippen LogP contribution in [0.4, 0.5) is 17.6 Å². The molecule has 31 heavy (non-hydrogen) atoms. The van der Waals surface area contributed by atoms with Crippen LogP contribution in [0.15, 0.2) is 58.2 Å². The maximum atomic E-state index is 13.8. The number of benzene rings is 2. The second-order valence-electron chi connectivity index (χ2n) is 6.39. The first-order valence-corrected chi connectivity index (χ1v) is 10.2. The molecule has 0 radical (unpaired) electrons. The molecule has 1 N–H and O–H groups in total. The Labute approximate surface area is 172 Å². The van der Waals surface area contributed by atoms with Gasteiger partial charge < -0.3 is 9.09 Å². The standard InChI is InChI=1S/C18H13F4N5O3S/c19-12-3-1-2-4-15(12)31(28,29)24-7-8-27-10-23-13-6-5-11(9-14(13)27)16-25-17(30-26-16)18(20,21)22/h1-6,9-10,24H,7-8H2. The molecule has 0 aliphatic carbocycles. The van der Waals surface area contributed by atoms with Crippen molar-refractivity contribution in [3.05, 3.63) is 60.5 Å². The summed E-state index contributed by atoms with van der Waals surface area (Å²) in [6.45, 7) is 0.0560. The minimum absolute atomic E-state index is 0.0766. The molecule has 0 fully saturated rings. The predicted octanol–water partition coefficient (Wildman–Crippen LogP) is 3.22. The highest BCUT2D eigenvalue weighted by atomic mass is 32.2. The molecule has 2 aromatic heterocycles. The fraction of sp³-hybridized carbons (Fsp3) is 0.167. The molecule has 2 heterocycles. The van der Waals surface area contributed by atoms with Crippen LogP contribution in [-0.4, -0.2) is 34.7 Å². The lowest BCUT2D eigenvalue weighted by Crippen LogP contribution is -2.28. The molecule has 0 bridgehead atoms. The molecular formula is C18H13F4N5O3S. The van der Waals surface area contributed by atoms with Crippen molar-refractivity contribution in [3.8, 4) is 11.4 Å². The summed E-state index contributed by atoms with van der Waals surface area (Å²) in [6.07, 6.45) is -3.31. The van der Waals surface area contributed by atoms with Crippen molar-refractivity contribution in [1.29, 1.82) is 0 Å². The lowest BCUT2D eigenvalue weighted by Gasteiger charge is -2.09. The van der Waals surface area contributed by atoms with Gasteiger partial charge in [-0.25, -0.2) is 22.5 Å². The number of imidazole rings is 1. The van der Waals surface area contributed by atoms with E-state index in [1.807, 2.05) is 0 Å². The van der Waals surface area contributed by atoms with E-state index in [1.165, 1.54) is 30.6 Å². The highest BCUT2D eigenvalue weighted by molar-refractivity contribution is 7.89. The minimum Gasteiger partial charge on any atom is -0.329 e. The third-order valence-electron chi connectivity index (χ3n) is 4.32. The van der Waals surface area contributed by atoms with Crippen LogP contribution >= 0.6 is 0 Å². The summed E-state index contributed by atoms with van der Waals surface area (Å²) in [5.74, 6) is -2.58. The number of fused-ring (bicyclic) bond motifs is 1. The Hall–Kier alpha value is -3.32. The van der Waals surface area contributed by atoms with Gasteiger partial charge in [-0.05, 0) is 30.3 Å². The van der Waals surface area contributed by atoms with Crippen LogP contribution in [-0.2, 0) is 22.7 Å². The van der Waals surface area contributed by atoms with Gasteiger partial charge in [-0.1, -0.05) is 17.3 Å². The summed E-state index contributed by atoms with van der Waals surface area (Å²) in [7, 11) is -4.06. The van der Waals surface area contributed by atoms with Crippen molar-refractivity contribution in [2.75, 3.05) is 6.54 Å². The van der Waals surface area contributed by atoms with Gasteiger partial charge in [0.15, 0.2) is 0 Å². The Bertz CT molecular complexity index is 1350. The molecule has 162 valence electrons. The van der Waals surface area contributed by atoms with Gasteiger partial charge in [0, 0.05) is 18.7 Å². The number of halogens is 4. The molecule has 0 saturated carbocycles. The summed E-state index contributed by atoms with van der Waals surface area (Å²) < 4.78 is 84.5. The van der Waals surface area contributed by atoms with Gasteiger partial charge in [0.05, 0.1) is 17.4 Å². The maximum Gasteiger partial charge on any atom is 0.471 e. The summed E-state index contributed by atoms with van der Waals surface area (Å²) in [5, 5.41) is 3.35. The average Bonchev–Trinajstić information content (AvgIpc) is 3.35. The van der Waals surface area contributed by atoms with Gasteiger partial charge >= 0.3 is 12.1 Å². The number of hydrogen-bond acceptors (Lipinski definition) is 6. The van der Waals surface area contributed by atoms with E-state index in [1.54, 1.807) is 10.6 Å². The molecule has 4 aromatic rings. The Balaban J connectivity index is 1.53. The van der Waals surface area contributed by atoms with Gasteiger partial charge in [0.2, 0.25) is 15.8 Å². The fourth-order valence-electron chi connectivity index (χ4n) is 2.87. The molecule has 8 nitrogen and oxygen atoms in total. The third kappa shape index (κ3) is 4.27. The zero-order valence-electron chi connectivity index (χ0n) is 15.5. The van der Waals surface area contributed by atoms with Crippen molar-refractivity contribution in [2.45, 2.75) is 17.6 Å². The highest BCUT2D eigenvalue weighted by Crippen LogP contribution is 2.30. The van der Waals surface area contributed by atoms with E-state index in [9.17, 15) is 26.0 Å². The summed E-state index contributed by atoms with van der Waals surface area (Å²) >= 11 is 0. The van der Waals surface area contributed by atoms with Crippen molar-refractivity contribution >= 4 is 21.1 Å². The summed E-state index contributed by atoms with van der Waals surface area (Å²) in [4.78, 5) is 7.05. The van der Waals surface area contributed by atoms with Crippen molar-refractivity contribution in [3.63, 3.8) is 0 Å². The minimum atomic E-state index is -4.76. The van der Waals surface area contributed by atoms with Gasteiger partial charge in [0.25, 0.3) is 0 Å². The zero-order chi connectivity index (χ0) is 22.2.